The van der Waals surface area contributed by atoms with Gasteiger partial charge in [0.15, 0.2) is 6.29 Å². The molecule has 1 amide bonds. The zero-order valence-electron chi connectivity index (χ0n) is 17.9. The highest BCUT2D eigenvalue weighted by Crippen LogP contribution is 2.43. The van der Waals surface area contributed by atoms with Crippen molar-refractivity contribution in [1.29, 1.82) is 0 Å². The summed E-state index contributed by atoms with van der Waals surface area (Å²) in [5.74, 6) is 1.30. The smallest absolute Gasteiger partial charge is 0.273 e. The van der Waals surface area contributed by atoms with E-state index in [1.165, 1.54) is 0 Å². The van der Waals surface area contributed by atoms with Crippen molar-refractivity contribution >= 4 is 5.91 Å². The number of benzene rings is 2. The van der Waals surface area contributed by atoms with Gasteiger partial charge in [0.25, 0.3) is 5.91 Å². The SMILES string of the molecule is COc1ccc(-c2n[nH]c3c2C(c2cccc(OC)c2)N(CC(OC)OC)C3=O)cc1. The van der Waals surface area contributed by atoms with E-state index in [9.17, 15) is 4.79 Å². The number of amides is 1. The van der Waals surface area contributed by atoms with Crippen molar-refractivity contribution in [2.24, 2.45) is 0 Å². The first kappa shape index (κ1) is 20.9. The summed E-state index contributed by atoms with van der Waals surface area (Å²) in [6.07, 6.45) is -0.557. The van der Waals surface area contributed by atoms with E-state index in [4.69, 9.17) is 18.9 Å². The van der Waals surface area contributed by atoms with Gasteiger partial charge in [0.05, 0.1) is 32.5 Å². The lowest BCUT2D eigenvalue weighted by Crippen LogP contribution is -2.38. The molecule has 2 aromatic carbocycles. The van der Waals surface area contributed by atoms with Gasteiger partial charge in [0.2, 0.25) is 0 Å². The van der Waals surface area contributed by atoms with Crippen LogP contribution in [0.5, 0.6) is 11.5 Å². The highest BCUT2D eigenvalue weighted by molar-refractivity contribution is 6.00. The van der Waals surface area contributed by atoms with Crippen LogP contribution in [-0.4, -0.2) is 62.3 Å². The summed E-state index contributed by atoms with van der Waals surface area (Å²) in [6, 6.07) is 14.9. The predicted molar refractivity (Wildman–Crippen MR) is 114 cm³/mol. The summed E-state index contributed by atoms with van der Waals surface area (Å²) < 4.78 is 21.4. The van der Waals surface area contributed by atoms with Gasteiger partial charge in [-0.15, -0.1) is 0 Å². The molecule has 31 heavy (non-hydrogen) atoms. The quantitative estimate of drug-likeness (QED) is 0.560. The van der Waals surface area contributed by atoms with Crippen LogP contribution >= 0.6 is 0 Å². The van der Waals surface area contributed by atoms with Crippen LogP contribution in [0.15, 0.2) is 48.5 Å². The molecule has 1 aromatic heterocycles. The molecule has 0 spiro atoms. The number of rotatable bonds is 8. The van der Waals surface area contributed by atoms with Gasteiger partial charge in [-0.05, 0) is 42.0 Å². The molecule has 162 valence electrons. The molecule has 0 bridgehead atoms. The van der Waals surface area contributed by atoms with Crippen molar-refractivity contribution in [2.75, 3.05) is 35.0 Å². The van der Waals surface area contributed by atoms with Crippen molar-refractivity contribution in [1.82, 2.24) is 15.1 Å². The van der Waals surface area contributed by atoms with E-state index in [2.05, 4.69) is 10.2 Å². The van der Waals surface area contributed by atoms with Gasteiger partial charge in [-0.3, -0.25) is 9.89 Å². The number of aromatic amines is 1. The predicted octanol–water partition coefficient (Wildman–Crippen LogP) is 3.26. The minimum absolute atomic E-state index is 0.158. The first-order valence-electron chi connectivity index (χ1n) is 9.84. The lowest BCUT2D eigenvalue weighted by atomic mass is 9.96. The molecule has 2 heterocycles. The Labute approximate surface area is 180 Å². The second-order valence-electron chi connectivity index (χ2n) is 7.13. The summed E-state index contributed by atoms with van der Waals surface area (Å²) in [5, 5.41) is 7.42. The van der Waals surface area contributed by atoms with E-state index in [-0.39, 0.29) is 18.5 Å². The van der Waals surface area contributed by atoms with Crippen molar-refractivity contribution in [3.63, 3.8) is 0 Å². The molecule has 0 radical (unpaired) electrons. The number of carbonyl (C=O) groups is 1. The van der Waals surface area contributed by atoms with E-state index >= 15 is 0 Å². The van der Waals surface area contributed by atoms with Crippen molar-refractivity contribution in [3.05, 3.63) is 65.4 Å². The standard InChI is InChI=1S/C23H25N3O5/c1-28-16-10-8-14(9-11-16)20-19-21(25-24-20)23(27)26(13-18(30-3)31-4)22(19)15-6-5-7-17(12-15)29-2/h5-12,18,22H,13H2,1-4H3,(H,24,25). The molecule has 8 nitrogen and oxygen atoms in total. The summed E-state index contributed by atoms with van der Waals surface area (Å²) in [6.45, 7) is 0.262. The number of nitrogens with one attached hydrogen (secondary N) is 1. The van der Waals surface area contributed by atoms with E-state index in [1.54, 1.807) is 33.3 Å². The van der Waals surface area contributed by atoms with Crippen LogP contribution in [0.25, 0.3) is 11.3 Å². The lowest BCUT2D eigenvalue weighted by molar-refractivity contribution is -0.113. The highest BCUT2D eigenvalue weighted by atomic mass is 16.7. The molecule has 4 rings (SSSR count). The van der Waals surface area contributed by atoms with E-state index in [1.807, 2.05) is 48.5 Å². The third-order valence-electron chi connectivity index (χ3n) is 5.51. The maximum absolute atomic E-state index is 13.3. The first-order valence-corrected chi connectivity index (χ1v) is 9.84. The first-order chi connectivity index (χ1) is 15.1. The number of H-pyrrole nitrogens is 1. The third kappa shape index (κ3) is 3.75. The monoisotopic (exact) mass is 423 g/mol. The topological polar surface area (TPSA) is 85.9 Å². The number of hydrogen-bond acceptors (Lipinski definition) is 6. The third-order valence-corrected chi connectivity index (χ3v) is 5.51. The van der Waals surface area contributed by atoms with Crippen LogP contribution < -0.4 is 9.47 Å². The Morgan fingerprint density at radius 2 is 1.71 bits per heavy atom. The molecule has 0 saturated carbocycles. The number of ether oxygens (including phenoxy) is 4. The molecule has 1 aliphatic heterocycles. The molecule has 1 unspecified atom stereocenters. The Morgan fingerprint density at radius 1 is 1.00 bits per heavy atom. The molecule has 0 aliphatic carbocycles. The van der Waals surface area contributed by atoms with Gasteiger partial charge in [0, 0.05) is 25.3 Å². The largest absolute Gasteiger partial charge is 0.497 e. The fraction of sp³-hybridized carbons (Fsp3) is 0.304. The molecule has 1 atom stereocenters. The van der Waals surface area contributed by atoms with E-state index < -0.39 is 6.29 Å². The maximum atomic E-state index is 13.3. The molecule has 0 fully saturated rings. The van der Waals surface area contributed by atoms with Crippen LogP contribution in [-0.2, 0) is 9.47 Å². The van der Waals surface area contributed by atoms with Crippen molar-refractivity contribution in [2.45, 2.75) is 12.3 Å². The summed E-state index contributed by atoms with van der Waals surface area (Å²) in [4.78, 5) is 15.1. The van der Waals surface area contributed by atoms with Crippen LogP contribution in [0.1, 0.15) is 27.7 Å². The molecule has 0 saturated heterocycles. The maximum Gasteiger partial charge on any atom is 0.273 e. The van der Waals surface area contributed by atoms with Crippen LogP contribution in [0.4, 0.5) is 0 Å². The van der Waals surface area contributed by atoms with Gasteiger partial charge < -0.3 is 23.8 Å². The van der Waals surface area contributed by atoms with Crippen LogP contribution in [0.3, 0.4) is 0 Å². The van der Waals surface area contributed by atoms with Crippen molar-refractivity contribution < 1.29 is 23.7 Å². The van der Waals surface area contributed by atoms with E-state index in [0.29, 0.717) is 17.1 Å². The number of carbonyl (C=O) groups excluding carboxylic acids is 1. The van der Waals surface area contributed by atoms with Crippen LogP contribution in [0, 0.1) is 0 Å². The minimum atomic E-state index is -0.557. The normalized spacial score (nSPS) is 15.5. The van der Waals surface area contributed by atoms with E-state index in [0.717, 1.165) is 22.4 Å². The molecule has 1 aliphatic rings. The average molecular weight is 423 g/mol. The zero-order chi connectivity index (χ0) is 22.0. The fourth-order valence-electron chi connectivity index (χ4n) is 3.92. The Bertz CT molecular complexity index is 1060. The fourth-order valence-corrected chi connectivity index (χ4v) is 3.92. The van der Waals surface area contributed by atoms with Gasteiger partial charge in [-0.2, -0.15) is 5.10 Å². The van der Waals surface area contributed by atoms with Gasteiger partial charge in [0.1, 0.15) is 17.2 Å². The average Bonchev–Trinajstić information content (AvgIpc) is 3.36. The zero-order valence-corrected chi connectivity index (χ0v) is 17.9. The second kappa shape index (κ2) is 8.79. The lowest BCUT2D eigenvalue weighted by Gasteiger charge is -2.29. The Balaban J connectivity index is 1.84. The number of fused-ring (bicyclic) bond motifs is 1. The van der Waals surface area contributed by atoms with Gasteiger partial charge >= 0.3 is 0 Å². The molecule has 3 aromatic rings. The van der Waals surface area contributed by atoms with Crippen molar-refractivity contribution in [3.8, 4) is 22.8 Å². The molecule has 1 N–H and O–H groups in total. The Kier molecular flexibility index (Phi) is 5.92. The minimum Gasteiger partial charge on any atom is -0.497 e. The molecular formula is C23H25N3O5. The summed E-state index contributed by atoms with van der Waals surface area (Å²) in [5.41, 5.74) is 3.79. The summed E-state index contributed by atoms with van der Waals surface area (Å²) in [7, 11) is 6.35. The number of hydrogen-bond donors (Lipinski definition) is 1. The number of methoxy groups -OCH3 is 4. The number of nitrogens with zero attached hydrogens (tertiary/aromatic N) is 2. The Morgan fingerprint density at radius 3 is 2.35 bits per heavy atom. The second-order valence-corrected chi connectivity index (χ2v) is 7.13. The highest BCUT2D eigenvalue weighted by Gasteiger charge is 2.43. The van der Waals surface area contributed by atoms with Gasteiger partial charge in [-0.25, -0.2) is 0 Å². The Hall–Kier alpha value is -3.36. The van der Waals surface area contributed by atoms with Crippen LogP contribution in [0.2, 0.25) is 0 Å². The van der Waals surface area contributed by atoms with Gasteiger partial charge in [-0.1, -0.05) is 12.1 Å². The molecule has 8 heteroatoms. The summed E-state index contributed by atoms with van der Waals surface area (Å²) >= 11 is 0. The molecular weight excluding hydrogens is 398 g/mol. The number of aromatic nitrogens is 2.